The van der Waals surface area contributed by atoms with Gasteiger partial charge >= 0.3 is 0 Å². The molecule has 106 valence electrons. The topological polar surface area (TPSA) is 24.5 Å². The van der Waals surface area contributed by atoms with E-state index in [1.54, 1.807) is 0 Å². The van der Waals surface area contributed by atoms with Crippen LogP contribution in [0.3, 0.4) is 0 Å². The van der Waals surface area contributed by atoms with Gasteiger partial charge in [0.05, 0.1) is 6.61 Å². The molecule has 18 heavy (non-hydrogen) atoms. The standard InChI is InChI=1S/C14H28N2OS/c1-17-9-8-16(14-3-2-10-18-12-14)11-13-4-6-15-7-5-13/h13-15H,2-12H2,1H3. The summed E-state index contributed by atoms with van der Waals surface area (Å²) in [6.07, 6.45) is 5.49. The van der Waals surface area contributed by atoms with E-state index < -0.39 is 0 Å². The molecule has 0 aliphatic carbocycles. The molecule has 0 radical (unpaired) electrons. The molecule has 2 saturated heterocycles. The van der Waals surface area contributed by atoms with Crippen molar-refractivity contribution in [1.82, 2.24) is 10.2 Å². The number of nitrogens with zero attached hydrogens (tertiary/aromatic N) is 1. The van der Waals surface area contributed by atoms with E-state index in [1.165, 1.54) is 56.8 Å². The van der Waals surface area contributed by atoms with Gasteiger partial charge in [-0.2, -0.15) is 11.8 Å². The maximum absolute atomic E-state index is 5.29. The quantitative estimate of drug-likeness (QED) is 0.797. The minimum atomic E-state index is 0.800. The van der Waals surface area contributed by atoms with Crippen molar-refractivity contribution in [2.24, 2.45) is 5.92 Å². The maximum Gasteiger partial charge on any atom is 0.0589 e. The molecule has 2 fully saturated rings. The highest BCUT2D eigenvalue weighted by Gasteiger charge is 2.24. The summed E-state index contributed by atoms with van der Waals surface area (Å²) < 4.78 is 5.29. The van der Waals surface area contributed by atoms with E-state index in [0.29, 0.717) is 0 Å². The first kappa shape index (κ1) is 14.6. The van der Waals surface area contributed by atoms with Gasteiger partial charge in [0, 0.05) is 32.0 Å². The first-order valence-electron chi connectivity index (χ1n) is 7.41. The van der Waals surface area contributed by atoms with Crippen molar-refractivity contribution in [2.75, 3.05) is 51.4 Å². The zero-order chi connectivity index (χ0) is 12.6. The predicted molar refractivity (Wildman–Crippen MR) is 79.4 cm³/mol. The van der Waals surface area contributed by atoms with Gasteiger partial charge in [0.25, 0.3) is 0 Å². The van der Waals surface area contributed by atoms with Crippen LogP contribution in [0.4, 0.5) is 0 Å². The van der Waals surface area contributed by atoms with E-state index in [0.717, 1.165) is 25.1 Å². The molecule has 3 nitrogen and oxygen atoms in total. The molecule has 0 aromatic heterocycles. The first-order valence-corrected chi connectivity index (χ1v) is 8.57. The summed E-state index contributed by atoms with van der Waals surface area (Å²) in [5.74, 6) is 3.59. The lowest BCUT2D eigenvalue weighted by atomic mass is 9.96. The van der Waals surface area contributed by atoms with Gasteiger partial charge in [-0.3, -0.25) is 4.90 Å². The largest absolute Gasteiger partial charge is 0.383 e. The molecule has 1 N–H and O–H groups in total. The van der Waals surface area contributed by atoms with Crippen LogP contribution in [0.15, 0.2) is 0 Å². The number of hydrogen-bond acceptors (Lipinski definition) is 4. The average Bonchev–Trinajstić information content (AvgIpc) is 2.45. The van der Waals surface area contributed by atoms with Gasteiger partial charge in [-0.25, -0.2) is 0 Å². The lowest BCUT2D eigenvalue weighted by molar-refractivity contribution is 0.102. The number of piperidine rings is 1. The molecular formula is C14H28N2OS. The Morgan fingerprint density at radius 2 is 2.11 bits per heavy atom. The zero-order valence-corrected chi connectivity index (χ0v) is 12.5. The smallest absolute Gasteiger partial charge is 0.0589 e. The molecule has 1 atom stereocenters. The van der Waals surface area contributed by atoms with Crippen molar-refractivity contribution < 1.29 is 4.74 Å². The van der Waals surface area contributed by atoms with Crippen LogP contribution in [0.25, 0.3) is 0 Å². The van der Waals surface area contributed by atoms with Gasteiger partial charge in [0.1, 0.15) is 0 Å². The van der Waals surface area contributed by atoms with Crippen molar-refractivity contribution in [1.29, 1.82) is 0 Å². The van der Waals surface area contributed by atoms with E-state index in [4.69, 9.17) is 4.74 Å². The van der Waals surface area contributed by atoms with Gasteiger partial charge in [-0.15, -0.1) is 0 Å². The van der Waals surface area contributed by atoms with Crippen LogP contribution in [0.5, 0.6) is 0 Å². The average molecular weight is 272 g/mol. The SMILES string of the molecule is COCCN(CC1CCNCC1)C1CCCSC1. The molecule has 2 aliphatic rings. The minimum absolute atomic E-state index is 0.800. The molecule has 0 bridgehead atoms. The second-order valence-electron chi connectivity index (χ2n) is 5.55. The molecule has 4 heteroatoms. The van der Waals surface area contributed by atoms with E-state index in [9.17, 15) is 0 Å². The Morgan fingerprint density at radius 3 is 2.78 bits per heavy atom. The van der Waals surface area contributed by atoms with Crippen LogP contribution in [0, 0.1) is 5.92 Å². The van der Waals surface area contributed by atoms with E-state index in [2.05, 4.69) is 22.0 Å². The van der Waals surface area contributed by atoms with Gasteiger partial charge in [0.15, 0.2) is 0 Å². The summed E-state index contributed by atoms with van der Waals surface area (Å²) in [5, 5.41) is 3.46. The van der Waals surface area contributed by atoms with Gasteiger partial charge in [0.2, 0.25) is 0 Å². The number of ether oxygens (including phenoxy) is 1. The molecule has 0 saturated carbocycles. The fourth-order valence-electron chi connectivity index (χ4n) is 3.04. The number of rotatable bonds is 6. The molecule has 2 heterocycles. The summed E-state index contributed by atoms with van der Waals surface area (Å²) >= 11 is 2.13. The third-order valence-electron chi connectivity index (χ3n) is 4.19. The van der Waals surface area contributed by atoms with Crippen molar-refractivity contribution in [2.45, 2.75) is 31.7 Å². The molecule has 0 spiro atoms. The Bertz CT molecular complexity index is 216. The van der Waals surface area contributed by atoms with Crippen molar-refractivity contribution in [3.8, 4) is 0 Å². The van der Waals surface area contributed by atoms with Gasteiger partial charge < -0.3 is 10.1 Å². The number of nitrogens with one attached hydrogen (secondary N) is 1. The summed E-state index contributed by atoms with van der Waals surface area (Å²) in [6.45, 7) is 5.71. The second kappa shape index (κ2) is 8.41. The lowest BCUT2D eigenvalue weighted by Crippen LogP contribution is -2.45. The normalized spacial score (nSPS) is 26.7. The van der Waals surface area contributed by atoms with E-state index >= 15 is 0 Å². The summed E-state index contributed by atoms with van der Waals surface area (Å²) in [6, 6.07) is 0.800. The fourth-order valence-corrected chi connectivity index (χ4v) is 4.23. The highest BCUT2D eigenvalue weighted by Crippen LogP contribution is 2.24. The van der Waals surface area contributed by atoms with E-state index in [-0.39, 0.29) is 0 Å². The molecule has 1 unspecified atom stereocenters. The van der Waals surface area contributed by atoms with Crippen LogP contribution in [0.1, 0.15) is 25.7 Å². The maximum atomic E-state index is 5.29. The molecule has 2 rings (SSSR count). The number of hydrogen-bond donors (Lipinski definition) is 1. The minimum Gasteiger partial charge on any atom is -0.383 e. The first-order chi connectivity index (χ1) is 8.90. The molecule has 2 aliphatic heterocycles. The molecule has 0 amide bonds. The van der Waals surface area contributed by atoms with Crippen LogP contribution in [-0.4, -0.2) is 62.3 Å². The Balaban J connectivity index is 1.82. The Morgan fingerprint density at radius 1 is 1.28 bits per heavy atom. The highest BCUT2D eigenvalue weighted by molar-refractivity contribution is 7.99. The Labute approximate surface area is 116 Å². The second-order valence-corrected chi connectivity index (χ2v) is 6.70. The van der Waals surface area contributed by atoms with Crippen LogP contribution in [0.2, 0.25) is 0 Å². The van der Waals surface area contributed by atoms with Crippen LogP contribution in [-0.2, 0) is 4.74 Å². The van der Waals surface area contributed by atoms with Crippen LogP contribution < -0.4 is 5.32 Å². The molecule has 0 aromatic rings. The highest BCUT2D eigenvalue weighted by atomic mass is 32.2. The lowest BCUT2D eigenvalue weighted by Gasteiger charge is -2.37. The molecule has 0 aromatic carbocycles. The number of methoxy groups -OCH3 is 1. The zero-order valence-electron chi connectivity index (χ0n) is 11.7. The van der Waals surface area contributed by atoms with Gasteiger partial charge in [-0.05, 0) is 50.4 Å². The van der Waals surface area contributed by atoms with Crippen molar-refractivity contribution in [3.63, 3.8) is 0 Å². The molecular weight excluding hydrogens is 244 g/mol. The number of thioether (sulfide) groups is 1. The van der Waals surface area contributed by atoms with Crippen molar-refractivity contribution >= 4 is 11.8 Å². The van der Waals surface area contributed by atoms with Gasteiger partial charge in [-0.1, -0.05) is 0 Å². The third-order valence-corrected chi connectivity index (χ3v) is 5.38. The predicted octanol–water partition coefficient (Wildman–Crippen LogP) is 1.83. The summed E-state index contributed by atoms with van der Waals surface area (Å²) in [5.41, 5.74) is 0. The van der Waals surface area contributed by atoms with Crippen LogP contribution >= 0.6 is 11.8 Å². The fraction of sp³-hybridized carbons (Fsp3) is 1.00. The Hall–Kier alpha value is 0.230. The Kier molecular flexibility index (Phi) is 6.84. The summed E-state index contributed by atoms with van der Waals surface area (Å²) in [4.78, 5) is 2.71. The monoisotopic (exact) mass is 272 g/mol. The van der Waals surface area contributed by atoms with E-state index in [1.807, 2.05) is 7.11 Å². The third kappa shape index (κ3) is 4.72. The van der Waals surface area contributed by atoms with Crippen molar-refractivity contribution in [3.05, 3.63) is 0 Å². The summed E-state index contributed by atoms with van der Waals surface area (Å²) in [7, 11) is 1.82.